The van der Waals surface area contributed by atoms with Crippen LogP contribution in [0.15, 0.2) is 48.5 Å². The van der Waals surface area contributed by atoms with Gasteiger partial charge in [0.25, 0.3) is 0 Å². The molecule has 0 fully saturated rings. The van der Waals surface area contributed by atoms with E-state index in [1.165, 1.54) is 4.31 Å². The van der Waals surface area contributed by atoms with Crippen LogP contribution in [0.4, 0.5) is 5.69 Å². The summed E-state index contributed by atoms with van der Waals surface area (Å²) in [6.07, 6.45) is 2.85. The quantitative estimate of drug-likeness (QED) is 0.351. The lowest BCUT2D eigenvalue weighted by Crippen LogP contribution is -2.50. The lowest BCUT2D eigenvalue weighted by Gasteiger charge is -2.32. The number of hydrogen-bond acceptors (Lipinski definition) is 5. The molecule has 210 valence electrons. The van der Waals surface area contributed by atoms with Crippen LogP contribution in [0.25, 0.3) is 0 Å². The molecular formula is C29H43N3O5S. The van der Waals surface area contributed by atoms with E-state index in [1.807, 2.05) is 58.9 Å². The Morgan fingerprint density at radius 1 is 1.03 bits per heavy atom. The van der Waals surface area contributed by atoms with Crippen molar-refractivity contribution in [3.05, 3.63) is 59.7 Å². The third kappa shape index (κ3) is 9.35. The third-order valence-electron chi connectivity index (χ3n) is 6.41. The van der Waals surface area contributed by atoms with Crippen molar-refractivity contribution in [1.29, 1.82) is 0 Å². The Morgan fingerprint density at radius 2 is 1.71 bits per heavy atom. The number of anilines is 1. The van der Waals surface area contributed by atoms with Crippen LogP contribution in [0.1, 0.15) is 64.5 Å². The fourth-order valence-electron chi connectivity index (χ4n) is 4.25. The van der Waals surface area contributed by atoms with E-state index < -0.39 is 16.1 Å². The molecule has 0 bridgehead atoms. The van der Waals surface area contributed by atoms with Gasteiger partial charge in [-0.15, -0.1) is 0 Å². The topological polar surface area (TPSA) is 96.0 Å². The van der Waals surface area contributed by atoms with Gasteiger partial charge in [-0.25, -0.2) is 8.42 Å². The van der Waals surface area contributed by atoms with Crippen LogP contribution >= 0.6 is 0 Å². The van der Waals surface area contributed by atoms with Crippen molar-refractivity contribution >= 4 is 27.5 Å². The van der Waals surface area contributed by atoms with Crippen molar-refractivity contribution in [3.63, 3.8) is 0 Å². The van der Waals surface area contributed by atoms with E-state index in [0.29, 0.717) is 37.4 Å². The molecule has 9 heteroatoms. The molecule has 0 aromatic heterocycles. The summed E-state index contributed by atoms with van der Waals surface area (Å²) in [5, 5.41) is 3.01. The second-order valence-corrected chi connectivity index (χ2v) is 11.5. The fourth-order valence-corrected chi connectivity index (χ4v) is 5.21. The summed E-state index contributed by atoms with van der Waals surface area (Å²) < 4.78 is 31.8. The predicted molar refractivity (Wildman–Crippen MR) is 153 cm³/mol. The molecule has 1 N–H and O–H groups in total. The molecular weight excluding hydrogens is 502 g/mol. The number of nitrogens with zero attached hydrogens (tertiary/aromatic N) is 2. The standard InChI is InChI=1S/C29H43N3O5S/c1-7-23(5)30-29(34)27(8-2)31(21-24-13-10-12-22(4)20-24)28(33)14-11-19-32(38(6,35)36)25-15-17-26(18-16-25)37-9-3/h10,12-13,15-18,20,23,27H,7-9,11,14,19,21H2,1-6H3,(H,30,34)/t23-,27-/m1/s1. The van der Waals surface area contributed by atoms with Crippen LogP contribution in [0.3, 0.4) is 0 Å². The van der Waals surface area contributed by atoms with Gasteiger partial charge in [0.15, 0.2) is 0 Å². The van der Waals surface area contributed by atoms with Gasteiger partial charge in [0.2, 0.25) is 21.8 Å². The Balaban J connectivity index is 2.21. The summed E-state index contributed by atoms with van der Waals surface area (Å²) in [7, 11) is -3.56. The van der Waals surface area contributed by atoms with Gasteiger partial charge in [0.05, 0.1) is 18.6 Å². The first-order chi connectivity index (χ1) is 18.0. The molecule has 8 nitrogen and oxygen atoms in total. The average Bonchev–Trinajstić information content (AvgIpc) is 2.86. The number of nitrogens with one attached hydrogen (secondary N) is 1. The molecule has 0 saturated heterocycles. The molecule has 2 amide bonds. The van der Waals surface area contributed by atoms with Crippen molar-refractivity contribution < 1.29 is 22.7 Å². The van der Waals surface area contributed by atoms with Gasteiger partial charge in [-0.1, -0.05) is 43.7 Å². The van der Waals surface area contributed by atoms with Crippen molar-refractivity contribution in [3.8, 4) is 5.75 Å². The number of rotatable bonds is 15. The molecule has 2 aromatic carbocycles. The van der Waals surface area contributed by atoms with Crippen LogP contribution < -0.4 is 14.4 Å². The molecule has 0 radical (unpaired) electrons. The van der Waals surface area contributed by atoms with Gasteiger partial charge in [0, 0.05) is 25.6 Å². The van der Waals surface area contributed by atoms with Gasteiger partial charge in [-0.2, -0.15) is 0 Å². The number of carbonyl (C=O) groups excluding carboxylic acids is 2. The number of sulfonamides is 1. The average molecular weight is 546 g/mol. The van der Waals surface area contributed by atoms with Crippen LogP contribution in [0.5, 0.6) is 5.75 Å². The smallest absolute Gasteiger partial charge is 0.243 e. The van der Waals surface area contributed by atoms with E-state index in [2.05, 4.69) is 5.32 Å². The molecule has 38 heavy (non-hydrogen) atoms. The number of carbonyl (C=O) groups is 2. The zero-order chi connectivity index (χ0) is 28.3. The Kier molecular flexibility index (Phi) is 12.1. The molecule has 0 aliphatic carbocycles. The summed E-state index contributed by atoms with van der Waals surface area (Å²) >= 11 is 0. The summed E-state index contributed by atoms with van der Waals surface area (Å²) in [4.78, 5) is 28.3. The summed E-state index contributed by atoms with van der Waals surface area (Å²) in [5.74, 6) is 0.306. The number of aryl methyl sites for hydroxylation is 1. The highest BCUT2D eigenvalue weighted by molar-refractivity contribution is 7.92. The minimum absolute atomic E-state index is 0.00454. The van der Waals surface area contributed by atoms with Gasteiger partial charge in [-0.05, 0) is 69.9 Å². The molecule has 2 aromatic rings. The zero-order valence-corrected chi connectivity index (χ0v) is 24.4. The third-order valence-corrected chi connectivity index (χ3v) is 7.60. The monoisotopic (exact) mass is 545 g/mol. The number of hydrogen-bond donors (Lipinski definition) is 1. The molecule has 0 aliphatic heterocycles. The van der Waals surface area contributed by atoms with Crippen LogP contribution in [0, 0.1) is 6.92 Å². The number of ether oxygens (including phenoxy) is 1. The highest BCUT2D eigenvalue weighted by Crippen LogP contribution is 2.23. The van der Waals surface area contributed by atoms with E-state index in [1.54, 1.807) is 29.2 Å². The minimum atomic E-state index is -3.56. The van der Waals surface area contributed by atoms with Crippen molar-refractivity contribution in [1.82, 2.24) is 10.2 Å². The maximum atomic E-state index is 13.5. The second kappa shape index (κ2) is 14.8. The molecule has 2 rings (SSSR count). The van der Waals surface area contributed by atoms with Crippen molar-refractivity contribution in [2.45, 2.75) is 78.9 Å². The highest BCUT2D eigenvalue weighted by atomic mass is 32.2. The summed E-state index contributed by atoms with van der Waals surface area (Å²) in [6, 6.07) is 14.1. The van der Waals surface area contributed by atoms with Crippen LogP contribution in [-0.4, -0.2) is 56.6 Å². The van der Waals surface area contributed by atoms with E-state index in [-0.39, 0.29) is 30.8 Å². The summed E-state index contributed by atoms with van der Waals surface area (Å²) in [6.45, 7) is 10.7. The SMILES string of the molecule is CCOc1ccc(N(CCCC(=O)N(Cc2cccc(C)c2)[C@H](CC)C(=O)N[C@H](C)CC)S(C)(=O)=O)cc1. The Labute approximate surface area is 228 Å². The molecule has 0 aliphatic rings. The second-order valence-electron chi connectivity index (χ2n) is 9.62. The molecule has 2 atom stereocenters. The number of amides is 2. The summed E-state index contributed by atoms with van der Waals surface area (Å²) in [5.41, 5.74) is 2.53. The Bertz CT molecular complexity index is 1150. The van der Waals surface area contributed by atoms with E-state index in [4.69, 9.17) is 4.74 Å². The largest absolute Gasteiger partial charge is 0.494 e. The maximum Gasteiger partial charge on any atom is 0.243 e. The first kappa shape index (κ1) is 31.1. The normalized spacial score (nSPS) is 12.9. The molecule has 0 spiro atoms. The maximum absolute atomic E-state index is 13.5. The van der Waals surface area contributed by atoms with Crippen LogP contribution in [0.2, 0.25) is 0 Å². The van der Waals surface area contributed by atoms with Crippen LogP contribution in [-0.2, 0) is 26.2 Å². The Hall–Kier alpha value is -3.07. The van der Waals surface area contributed by atoms with E-state index >= 15 is 0 Å². The zero-order valence-electron chi connectivity index (χ0n) is 23.6. The van der Waals surface area contributed by atoms with Gasteiger partial charge >= 0.3 is 0 Å². The van der Waals surface area contributed by atoms with Crippen molar-refractivity contribution in [2.24, 2.45) is 0 Å². The Morgan fingerprint density at radius 3 is 2.26 bits per heavy atom. The van der Waals surface area contributed by atoms with Gasteiger partial charge in [0.1, 0.15) is 11.8 Å². The predicted octanol–water partition coefficient (Wildman–Crippen LogP) is 4.66. The lowest BCUT2D eigenvalue weighted by atomic mass is 10.1. The molecule has 0 saturated carbocycles. The van der Waals surface area contributed by atoms with Gasteiger partial charge in [-0.3, -0.25) is 13.9 Å². The highest BCUT2D eigenvalue weighted by Gasteiger charge is 2.29. The van der Waals surface area contributed by atoms with Gasteiger partial charge < -0.3 is 15.0 Å². The molecule has 0 heterocycles. The first-order valence-electron chi connectivity index (χ1n) is 13.4. The first-order valence-corrected chi connectivity index (χ1v) is 15.2. The number of benzene rings is 2. The minimum Gasteiger partial charge on any atom is -0.494 e. The van der Waals surface area contributed by atoms with E-state index in [0.717, 1.165) is 23.8 Å². The fraction of sp³-hybridized carbons (Fsp3) is 0.517. The molecule has 0 unspecified atom stereocenters. The lowest BCUT2D eigenvalue weighted by molar-refractivity contribution is -0.141. The van der Waals surface area contributed by atoms with Crippen molar-refractivity contribution in [2.75, 3.05) is 23.7 Å². The van der Waals surface area contributed by atoms with E-state index in [9.17, 15) is 18.0 Å².